The molecule has 3 unspecified atom stereocenters. The van der Waals surface area contributed by atoms with Gasteiger partial charge in [-0.3, -0.25) is 0 Å². The van der Waals surface area contributed by atoms with Crippen LogP contribution in [0.3, 0.4) is 0 Å². The molecule has 36 heavy (non-hydrogen) atoms. The first-order chi connectivity index (χ1) is 17.7. The number of ether oxygens (including phenoxy) is 5. The molecule has 0 aromatic carbocycles. The molecule has 0 aromatic heterocycles. The Balaban J connectivity index is 1.38. The molecule has 5 heteroatoms. The van der Waals surface area contributed by atoms with Gasteiger partial charge in [-0.05, 0) is 83.5 Å². The van der Waals surface area contributed by atoms with Crippen molar-refractivity contribution >= 4 is 0 Å². The van der Waals surface area contributed by atoms with Gasteiger partial charge in [0, 0.05) is 6.42 Å². The highest BCUT2D eigenvalue weighted by atomic mass is 16.8. The highest BCUT2D eigenvalue weighted by molar-refractivity contribution is 5.04. The second-order valence-electron chi connectivity index (χ2n) is 12.9. The Morgan fingerprint density at radius 1 is 0.361 bits per heavy atom. The molecule has 5 nitrogen and oxygen atoms in total. The Bertz CT molecular complexity index is 672. The molecule has 6 fully saturated rings. The molecule has 6 aliphatic carbocycles. The van der Waals surface area contributed by atoms with E-state index in [1.54, 1.807) is 0 Å². The summed E-state index contributed by atoms with van der Waals surface area (Å²) >= 11 is 0. The quantitative estimate of drug-likeness (QED) is 0.225. The summed E-state index contributed by atoms with van der Waals surface area (Å²) in [5.41, 5.74) is 0. The van der Waals surface area contributed by atoms with Gasteiger partial charge in [0.2, 0.25) is 5.79 Å². The fourth-order valence-corrected chi connectivity index (χ4v) is 7.46. The van der Waals surface area contributed by atoms with Gasteiger partial charge >= 0.3 is 0 Å². The maximum Gasteiger partial charge on any atom is 0.251 e. The van der Waals surface area contributed by atoms with E-state index in [2.05, 4.69) is 0 Å². The summed E-state index contributed by atoms with van der Waals surface area (Å²) in [6, 6.07) is 0. The van der Waals surface area contributed by atoms with Crippen molar-refractivity contribution < 1.29 is 23.7 Å². The molecule has 0 aromatic rings. The Morgan fingerprint density at radius 3 is 1.28 bits per heavy atom. The molecule has 3 atom stereocenters. The van der Waals surface area contributed by atoms with Gasteiger partial charge in [0.25, 0.3) is 5.79 Å². The van der Waals surface area contributed by atoms with Crippen molar-refractivity contribution in [2.45, 2.75) is 196 Å². The van der Waals surface area contributed by atoms with Crippen LogP contribution in [-0.4, -0.2) is 48.2 Å². The first kappa shape index (κ1) is 26.0. The lowest BCUT2D eigenvalue weighted by molar-refractivity contribution is -0.477. The average molecular weight is 505 g/mol. The van der Waals surface area contributed by atoms with E-state index in [-0.39, 0.29) is 30.5 Å². The Hall–Kier alpha value is -0.200. The summed E-state index contributed by atoms with van der Waals surface area (Å²) in [5.74, 6) is -1.81. The van der Waals surface area contributed by atoms with Gasteiger partial charge in [0.1, 0.15) is 6.10 Å². The fraction of sp³-hybridized carbons (Fsp3) is 1.00. The molecular weight excluding hydrogens is 452 g/mol. The molecule has 0 saturated heterocycles. The van der Waals surface area contributed by atoms with Crippen LogP contribution in [0.5, 0.6) is 0 Å². The van der Waals surface area contributed by atoms with Crippen molar-refractivity contribution in [1.82, 2.24) is 0 Å². The summed E-state index contributed by atoms with van der Waals surface area (Å²) in [4.78, 5) is 0. The average Bonchev–Trinajstić information content (AvgIpc) is 3.60. The van der Waals surface area contributed by atoms with Crippen LogP contribution in [0.4, 0.5) is 0 Å². The summed E-state index contributed by atoms with van der Waals surface area (Å²) in [6.07, 6.45) is 28.2. The molecule has 0 bridgehead atoms. The van der Waals surface area contributed by atoms with Crippen molar-refractivity contribution in [3.05, 3.63) is 0 Å². The molecule has 0 spiro atoms. The zero-order chi connectivity index (χ0) is 24.3. The summed E-state index contributed by atoms with van der Waals surface area (Å²) in [5, 5.41) is 0. The molecule has 206 valence electrons. The first-order valence-corrected chi connectivity index (χ1v) is 16.1. The zero-order valence-corrected chi connectivity index (χ0v) is 22.8. The molecule has 6 rings (SSSR count). The van der Waals surface area contributed by atoms with Gasteiger partial charge in [-0.2, -0.15) is 0 Å². The van der Waals surface area contributed by atoms with E-state index in [9.17, 15) is 0 Å². The topological polar surface area (TPSA) is 46.2 Å². The zero-order valence-electron chi connectivity index (χ0n) is 22.8. The third kappa shape index (κ3) is 5.86. The first-order valence-electron chi connectivity index (χ1n) is 16.1. The van der Waals surface area contributed by atoms with Gasteiger partial charge in [0.15, 0.2) is 0 Å². The van der Waals surface area contributed by atoms with Gasteiger partial charge in [-0.1, -0.05) is 57.8 Å². The lowest BCUT2D eigenvalue weighted by Gasteiger charge is -2.58. The molecule has 0 N–H and O–H groups in total. The van der Waals surface area contributed by atoms with Crippen LogP contribution in [0.1, 0.15) is 148 Å². The fourth-order valence-electron chi connectivity index (χ4n) is 7.46. The molecule has 0 amide bonds. The van der Waals surface area contributed by atoms with Crippen molar-refractivity contribution in [3.8, 4) is 0 Å². The highest BCUT2D eigenvalue weighted by Crippen LogP contribution is 2.53. The van der Waals surface area contributed by atoms with E-state index in [1.807, 2.05) is 0 Å². The molecular formula is C31H52O5. The van der Waals surface area contributed by atoms with Crippen LogP contribution in [0.25, 0.3) is 0 Å². The maximum atomic E-state index is 7.38. The normalized spacial score (nSPS) is 38.2. The Labute approximate surface area is 219 Å². The van der Waals surface area contributed by atoms with Crippen molar-refractivity contribution in [1.29, 1.82) is 0 Å². The third-order valence-electron chi connectivity index (χ3n) is 9.91. The van der Waals surface area contributed by atoms with E-state index in [0.717, 1.165) is 70.6 Å². The SMILES string of the molecule is C1CCCC(OC2(OC3CCCCC3)CCCC(OC3CC3)C2(OC2CCCC2)OC2CCC2)CC1. The minimum Gasteiger partial charge on any atom is -0.369 e. The van der Waals surface area contributed by atoms with Gasteiger partial charge in [-0.25, -0.2) is 0 Å². The lowest BCUT2D eigenvalue weighted by Crippen LogP contribution is -2.72. The Morgan fingerprint density at radius 2 is 0.806 bits per heavy atom. The van der Waals surface area contributed by atoms with Crippen LogP contribution in [-0.2, 0) is 23.7 Å². The number of hydrogen-bond acceptors (Lipinski definition) is 5. The van der Waals surface area contributed by atoms with Crippen molar-refractivity contribution in [2.24, 2.45) is 0 Å². The second kappa shape index (κ2) is 11.9. The smallest absolute Gasteiger partial charge is 0.251 e. The van der Waals surface area contributed by atoms with Gasteiger partial charge < -0.3 is 23.7 Å². The van der Waals surface area contributed by atoms with E-state index in [1.165, 1.54) is 77.0 Å². The van der Waals surface area contributed by atoms with Crippen molar-refractivity contribution in [2.75, 3.05) is 0 Å². The highest BCUT2D eigenvalue weighted by Gasteiger charge is 2.67. The summed E-state index contributed by atoms with van der Waals surface area (Å²) in [6.45, 7) is 0. The monoisotopic (exact) mass is 504 g/mol. The minimum atomic E-state index is -0.947. The number of hydrogen-bond donors (Lipinski definition) is 0. The molecule has 0 aliphatic heterocycles. The lowest BCUT2D eigenvalue weighted by atomic mass is 9.82. The van der Waals surface area contributed by atoms with E-state index >= 15 is 0 Å². The molecule has 6 saturated carbocycles. The second-order valence-corrected chi connectivity index (χ2v) is 12.9. The minimum absolute atomic E-state index is 0.102. The number of rotatable bonds is 10. The predicted molar refractivity (Wildman–Crippen MR) is 140 cm³/mol. The maximum absolute atomic E-state index is 7.38. The molecule has 0 radical (unpaired) electrons. The van der Waals surface area contributed by atoms with Crippen LogP contribution in [0.2, 0.25) is 0 Å². The predicted octanol–water partition coefficient (Wildman–Crippen LogP) is 7.73. The van der Waals surface area contributed by atoms with Crippen molar-refractivity contribution in [3.63, 3.8) is 0 Å². The van der Waals surface area contributed by atoms with Gasteiger partial charge in [-0.15, -0.1) is 0 Å². The van der Waals surface area contributed by atoms with E-state index < -0.39 is 11.6 Å². The van der Waals surface area contributed by atoms with Crippen LogP contribution >= 0.6 is 0 Å². The van der Waals surface area contributed by atoms with E-state index in [4.69, 9.17) is 23.7 Å². The molecule has 0 heterocycles. The molecule has 6 aliphatic rings. The largest absolute Gasteiger partial charge is 0.369 e. The Kier molecular flexibility index (Phi) is 8.61. The van der Waals surface area contributed by atoms with Crippen LogP contribution < -0.4 is 0 Å². The summed E-state index contributed by atoms with van der Waals surface area (Å²) in [7, 11) is 0. The van der Waals surface area contributed by atoms with Crippen LogP contribution in [0, 0.1) is 0 Å². The third-order valence-corrected chi connectivity index (χ3v) is 9.91. The van der Waals surface area contributed by atoms with E-state index in [0.29, 0.717) is 6.10 Å². The summed E-state index contributed by atoms with van der Waals surface area (Å²) < 4.78 is 36.1. The van der Waals surface area contributed by atoms with Crippen LogP contribution in [0.15, 0.2) is 0 Å². The van der Waals surface area contributed by atoms with Gasteiger partial charge in [0.05, 0.1) is 30.5 Å². The standard InChI is InChI=1S/C31H52O5/c1-2-5-13-25(12-4-1)33-30(34-26-14-6-3-7-15-26)23-11-20-29(32-24-21-22-24)31(30,36-28-18-10-19-28)35-27-16-8-9-17-27/h24-29H,1-23H2.